The Morgan fingerprint density at radius 2 is 2.11 bits per heavy atom. The second-order valence-corrected chi connectivity index (χ2v) is 9.81. The first kappa shape index (κ1) is 24.4. The Bertz CT molecular complexity index is 1300. The first-order valence-corrected chi connectivity index (χ1v) is 12.8. The van der Waals surface area contributed by atoms with Crippen LogP contribution in [-0.4, -0.2) is 30.1 Å². The number of fused-ring (bicyclic) bond motifs is 1. The van der Waals surface area contributed by atoms with E-state index in [-0.39, 0.29) is 0 Å². The second kappa shape index (κ2) is 11.6. The Kier molecular flexibility index (Phi) is 8.13. The van der Waals surface area contributed by atoms with Gasteiger partial charge in [0.2, 0.25) is 0 Å². The van der Waals surface area contributed by atoms with Crippen LogP contribution in [0.5, 0.6) is 5.75 Å². The van der Waals surface area contributed by atoms with Crippen LogP contribution >= 0.6 is 23.1 Å². The normalized spacial score (nSPS) is 12.6. The largest absolute Gasteiger partial charge is 0.496 e. The molecule has 10 heteroatoms. The average molecular weight is 506 g/mol. The van der Waals surface area contributed by atoms with Crippen molar-refractivity contribution in [2.45, 2.75) is 36.5 Å². The van der Waals surface area contributed by atoms with Crippen LogP contribution in [0.25, 0.3) is 0 Å². The smallest absolute Gasteiger partial charge is 0.329 e. The molecule has 0 unspecified atom stereocenters. The van der Waals surface area contributed by atoms with E-state index in [2.05, 4.69) is 26.9 Å². The number of aryl methyl sites for hydroxylation is 1. The summed E-state index contributed by atoms with van der Waals surface area (Å²) < 4.78 is 5.45. The van der Waals surface area contributed by atoms with Crippen LogP contribution in [0.2, 0.25) is 0 Å². The number of anilines is 1. The number of nitrogens with zero attached hydrogens (tertiary/aromatic N) is 3. The van der Waals surface area contributed by atoms with E-state index in [0.717, 1.165) is 58.0 Å². The van der Waals surface area contributed by atoms with Gasteiger partial charge in [0, 0.05) is 22.4 Å². The van der Waals surface area contributed by atoms with E-state index in [1.54, 1.807) is 31.1 Å². The molecule has 2 aromatic heterocycles. The lowest BCUT2D eigenvalue weighted by Crippen LogP contribution is -2.32. The van der Waals surface area contributed by atoms with Gasteiger partial charge in [-0.3, -0.25) is 9.59 Å². The molecule has 0 aliphatic heterocycles. The first-order valence-electron chi connectivity index (χ1n) is 11.0. The number of rotatable bonds is 7. The summed E-state index contributed by atoms with van der Waals surface area (Å²) in [5, 5.41) is 17.3. The van der Waals surface area contributed by atoms with Gasteiger partial charge in [0.1, 0.15) is 16.8 Å². The lowest BCUT2D eigenvalue weighted by molar-refractivity contribution is -0.136. The van der Waals surface area contributed by atoms with Crippen LogP contribution in [0.3, 0.4) is 0 Å². The number of nitriles is 1. The highest BCUT2D eigenvalue weighted by molar-refractivity contribution is 7.98. The van der Waals surface area contributed by atoms with Crippen LogP contribution in [0.15, 0.2) is 52.7 Å². The van der Waals surface area contributed by atoms with Gasteiger partial charge >= 0.3 is 11.8 Å². The summed E-state index contributed by atoms with van der Waals surface area (Å²) in [5.41, 5.74) is 5.39. The monoisotopic (exact) mass is 505 g/mol. The molecule has 1 aliphatic carbocycles. The van der Waals surface area contributed by atoms with Crippen molar-refractivity contribution in [3.63, 3.8) is 0 Å². The molecule has 0 atom stereocenters. The van der Waals surface area contributed by atoms with E-state index in [9.17, 15) is 14.9 Å². The van der Waals surface area contributed by atoms with Crippen molar-refractivity contribution in [2.75, 3.05) is 12.4 Å². The quantitative estimate of drug-likeness (QED) is 0.214. The van der Waals surface area contributed by atoms with Crippen molar-refractivity contribution in [2.24, 2.45) is 5.10 Å². The fraction of sp³-hybridized carbons (Fsp3) is 0.240. The Morgan fingerprint density at radius 3 is 2.89 bits per heavy atom. The third-order valence-electron chi connectivity index (χ3n) is 5.41. The van der Waals surface area contributed by atoms with Crippen molar-refractivity contribution in [3.8, 4) is 11.8 Å². The zero-order chi connectivity index (χ0) is 24.6. The zero-order valence-corrected chi connectivity index (χ0v) is 20.7. The number of hydrogen-bond acceptors (Lipinski definition) is 8. The van der Waals surface area contributed by atoms with E-state index in [1.165, 1.54) is 17.6 Å². The summed E-state index contributed by atoms with van der Waals surface area (Å²) in [6.45, 7) is 0. The van der Waals surface area contributed by atoms with Gasteiger partial charge in [-0.05, 0) is 67.1 Å². The van der Waals surface area contributed by atoms with E-state index in [0.29, 0.717) is 16.3 Å². The van der Waals surface area contributed by atoms with Gasteiger partial charge in [-0.1, -0.05) is 6.07 Å². The average Bonchev–Trinajstić information content (AvgIpc) is 3.24. The number of carbonyl (C=O) groups excluding carboxylic acids is 2. The van der Waals surface area contributed by atoms with Crippen molar-refractivity contribution in [1.82, 2.24) is 10.4 Å². The molecule has 3 aromatic rings. The molecule has 1 aliphatic rings. The minimum atomic E-state index is -0.907. The number of nitrogens with one attached hydrogen (secondary N) is 2. The standard InChI is InChI=1S/C25H23N5O3S2/c1-33-20-10-9-16(12-17(20)15-34-22-8-4-5-11-27-22)14-28-30-24(32)23(31)29-25-19(13-26)18-6-2-3-7-21(18)35-25/h4-5,8-12,14H,2-3,6-7,15H2,1H3,(H,29,31)(H,30,32)/b28-14+. The highest BCUT2D eigenvalue weighted by Gasteiger charge is 2.23. The highest BCUT2D eigenvalue weighted by Crippen LogP contribution is 2.37. The third-order valence-corrected chi connectivity index (χ3v) is 7.61. The number of pyridine rings is 1. The highest BCUT2D eigenvalue weighted by atomic mass is 32.2. The number of thioether (sulfide) groups is 1. The van der Waals surface area contributed by atoms with Gasteiger partial charge in [0.05, 0.1) is 23.9 Å². The molecule has 2 amide bonds. The third kappa shape index (κ3) is 6.07. The molecule has 8 nitrogen and oxygen atoms in total. The summed E-state index contributed by atoms with van der Waals surface area (Å²) in [5.74, 6) is -0.390. The van der Waals surface area contributed by atoms with Gasteiger partial charge in [-0.15, -0.1) is 23.1 Å². The Balaban J connectivity index is 1.37. The van der Waals surface area contributed by atoms with Gasteiger partial charge in [-0.25, -0.2) is 10.4 Å². The van der Waals surface area contributed by atoms with Crippen LogP contribution in [0, 0.1) is 11.3 Å². The van der Waals surface area contributed by atoms with Crippen molar-refractivity contribution in [1.29, 1.82) is 5.26 Å². The summed E-state index contributed by atoms with van der Waals surface area (Å²) in [6.07, 6.45) is 7.02. The van der Waals surface area contributed by atoms with E-state index >= 15 is 0 Å². The molecule has 0 bridgehead atoms. The van der Waals surface area contributed by atoms with E-state index < -0.39 is 11.8 Å². The maximum Gasteiger partial charge on any atom is 0.329 e. The van der Waals surface area contributed by atoms with Crippen LogP contribution in [0.1, 0.15) is 40.0 Å². The Morgan fingerprint density at radius 1 is 1.26 bits per heavy atom. The summed E-state index contributed by atoms with van der Waals surface area (Å²) in [6, 6.07) is 13.4. The lowest BCUT2D eigenvalue weighted by atomic mass is 9.96. The number of methoxy groups -OCH3 is 1. The number of thiophene rings is 1. The molecule has 4 rings (SSSR count). The molecular weight excluding hydrogens is 482 g/mol. The molecule has 2 heterocycles. The molecule has 0 saturated heterocycles. The Hall–Kier alpha value is -3.68. The fourth-order valence-corrected chi connectivity index (χ4v) is 5.80. The van der Waals surface area contributed by atoms with Crippen LogP contribution in [-0.2, 0) is 28.2 Å². The number of carbonyl (C=O) groups is 2. The lowest BCUT2D eigenvalue weighted by Gasteiger charge is -2.09. The molecule has 1 aromatic carbocycles. The molecule has 0 saturated carbocycles. The minimum Gasteiger partial charge on any atom is -0.496 e. The zero-order valence-electron chi connectivity index (χ0n) is 19.0. The van der Waals surface area contributed by atoms with Crippen molar-refractivity contribution in [3.05, 3.63) is 69.7 Å². The first-order chi connectivity index (χ1) is 17.1. The topological polar surface area (TPSA) is 116 Å². The maximum absolute atomic E-state index is 12.4. The van der Waals surface area contributed by atoms with Crippen molar-refractivity contribution < 1.29 is 14.3 Å². The molecular formula is C25H23N5O3S2. The fourth-order valence-electron chi connectivity index (χ4n) is 3.72. The van der Waals surface area contributed by atoms with Crippen LogP contribution in [0.4, 0.5) is 5.00 Å². The van der Waals surface area contributed by atoms with Gasteiger partial charge in [0.25, 0.3) is 0 Å². The predicted molar refractivity (Wildman–Crippen MR) is 137 cm³/mol. The Labute approximate surface area is 211 Å². The van der Waals surface area contributed by atoms with Gasteiger partial charge in [-0.2, -0.15) is 10.4 Å². The molecule has 35 heavy (non-hydrogen) atoms. The molecule has 0 radical (unpaired) electrons. The summed E-state index contributed by atoms with van der Waals surface area (Å²) in [4.78, 5) is 30.0. The number of benzene rings is 1. The number of hydrogen-bond donors (Lipinski definition) is 2. The van der Waals surface area contributed by atoms with Crippen molar-refractivity contribution >= 4 is 46.1 Å². The maximum atomic E-state index is 12.4. The predicted octanol–water partition coefficient (Wildman–Crippen LogP) is 4.28. The van der Waals surface area contributed by atoms with E-state index in [1.807, 2.05) is 30.3 Å². The second-order valence-electron chi connectivity index (χ2n) is 7.71. The van der Waals surface area contributed by atoms with E-state index in [4.69, 9.17) is 4.74 Å². The van der Waals surface area contributed by atoms with Crippen LogP contribution < -0.4 is 15.5 Å². The van der Waals surface area contributed by atoms with Gasteiger partial charge in [0.15, 0.2) is 0 Å². The number of aromatic nitrogens is 1. The molecule has 2 N–H and O–H groups in total. The minimum absolute atomic E-state index is 0.425. The molecule has 178 valence electrons. The number of ether oxygens (including phenoxy) is 1. The van der Waals surface area contributed by atoms with Gasteiger partial charge < -0.3 is 10.1 Å². The SMILES string of the molecule is COc1ccc(/C=N/NC(=O)C(=O)Nc2sc3c(c2C#N)CCCC3)cc1CSc1ccccn1. The molecule has 0 fully saturated rings. The number of amides is 2. The molecule has 0 spiro atoms. The summed E-state index contributed by atoms with van der Waals surface area (Å²) in [7, 11) is 1.61. The number of hydrazone groups is 1. The summed E-state index contributed by atoms with van der Waals surface area (Å²) >= 11 is 2.95.